The first kappa shape index (κ1) is 19.1. The van der Waals surface area contributed by atoms with Crippen LogP contribution < -0.4 is 20.1 Å². The lowest BCUT2D eigenvalue weighted by atomic mass is 10.2. The van der Waals surface area contributed by atoms with Crippen LogP contribution in [0.5, 0.6) is 11.5 Å². The van der Waals surface area contributed by atoms with Gasteiger partial charge >= 0.3 is 0 Å². The summed E-state index contributed by atoms with van der Waals surface area (Å²) in [6, 6.07) is 20.1. The average molecular weight is 431 g/mol. The van der Waals surface area contributed by atoms with Crippen molar-refractivity contribution in [2.24, 2.45) is 0 Å². The second-order valence-electron chi connectivity index (χ2n) is 6.83. The molecular formula is C23H17N3O4S. The van der Waals surface area contributed by atoms with Crippen molar-refractivity contribution in [3.8, 4) is 23.0 Å². The average Bonchev–Trinajstić information content (AvgIpc) is 3.23. The van der Waals surface area contributed by atoms with Gasteiger partial charge in [-0.25, -0.2) is 4.98 Å². The van der Waals surface area contributed by atoms with Crippen molar-refractivity contribution < 1.29 is 18.7 Å². The normalized spacial score (nSPS) is 12.4. The van der Waals surface area contributed by atoms with Crippen LogP contribution in [0.3, 0.4) is 0 Å². The Balaban J connectivity index is 1.28. The van der Waals surface area contributed by atoms with Crippen LogP contribution in [0.15, 0.2) is 71.1 Å². The monoisotopic (exact) mass is 431 g/mol. The van der Waals surface area contributed by atoms with Gasteiger partial charge in [0, 0.05) is 16.8 Å². The van der Waals surface area contributed by atoms with Crippen LogP contribution >= 0.6 is 12.2 Å². The van der Waals surface area contributed by atoms with E-state index in [-0.39, 0.29) is 11.0 Å². The van der Waals surface area contributed by atoms with Gasteiger partial charge in [0.1, 0.15) is 18.7 Å². The van der Waals surface area contributed by atoms with Gasteiger partial charge in [-0.3, -0.25) is 10.1 Å². The highest BCUT2D eigenvalue weighted by atomic mass is 32.1. The first-order chi connectivity index (χ1) is 15.2. The molecule has 0 unspecified atom stereocenters. The number of nitrogens with zero attached hydrogens (tertiary/aromatic N) is 1. The number of nitrogens with one attached hydrogen (secondary N) is 2. The smallest absolute Gasteiger partial charge is 0.257 e. The number of carbonyl (C=O) groups is 1. The molecule has 0 bridgehead atoms. The second kappa shape index (κ2) is 8.08. The van der Waals surface area contributed by atoms with Gasteiger partial charge < -0.3 is 19.2 Å². The molecule has 2 heterocycles. The lowest BCUT2D eigenvalue weighted by Crippen LogP contribution is -2.34. The molecule has 0 saturated heterocycles. The fourth-order valence-corrected chi connectivity index (χ4v) is 3.44. The van der Waals surface area contributed by atoms with Crippen LogP contribution in [0.4, 0.5) is 5.69 Å². The summed E-state index contributed by atoms with van der Waals surface area (Å²) in [5, 5.41) is 5.85. The molecule has 1 aliphatic rings. The molecule has 3 aromatic carbocycles. The standard InChI is InChI=1S/C23H17N3O4S/c27-21(15-6-8-19-20(12-15)29-11-10-28-19)26-23(31)24-16-7-9-18-17(13-16)25-22(30-18)14-4-2-1-3-5-14/h1-9,12-13H,10-11H2,(H2,24,26,27,31). The number of aromatic nitrogens is 1. The van der Waals surface area contributed by atoms with Gasteiger partial charge in [-0.1, -0.05) is 18.2 Å². The van der Waals surface area contributed by atoms with E-state index in [0.717, 1.165) is 5.56 Å². The molecule has 0 saturated carbocycles. The summed E-state index contributed by atoms with van der Waals surface area (Å²) in [5.41, 5.74) is 3.36. The molecule has 8 heteroatoms. The van der Waals surface area contributed by atoms with Crippen molar-refractivity contribution in [2.45, 2.75) is 0 Å². The number of thiocarbonyl (C=S) groups is 1. The Labute approximate surface area is 183 Å². The lowest BCUT2D eigenvalue weighted by Gasteiger charge is -2.18. The molecule has 31 heavy (non-hydrogen) atoms. The van der Waals surface area contributed by atoms with Gasteiger partial charge in [0.15, 0.2) is 22.2 Å². The zero-order chi connectivity index (χ0) is 21.2. The van der Waals surface area contributed by atoms with Crippen LogP contribution in [0.2, 0.25) is 0 Å². The van der Waals surface area contributed by atoms with E-state index in [0.29, 0.717) is 53.0 Å². The maximum atomic E-state index is 12.5. The number of carbonyl (C=O) groups excluding carboxylic acids is 1. The van der Waals surface area contributed by atoms with Crippen LogP contribution in [0.1, 0.15) is 10.4 Å². The lowest BCUT2D eigenvalue weighted by molar-refractivity contribution is 0.0976. The summed E-state index contributed by atoms with van der Waals surface area (Å²) in [5.74, 6) is 1.37. The van der Waals surface area contributed by atoms with Crippen molar-refractivity contribution in [2.75, 3.05) is 18.5 Å². The Morgan fingerprint density at radius 1 is 0.935 bits per heavy atom. The van der Waals surface area contributed by atoms with Gasteiger partial charge in [0.25, 0.3) is 5.91 Å². The number of amides is 1. The summed E-state index contributed by atoms with van der Waals surface area (Å²) in [6.07, 6.45) is 0. The SMILES string of the molecule is O=C(NC(=S)Nc1ccc2oc(-c3ccccc3)nc2c1)c1ccc2c(c1)OCCO2. The van der Waals surface area contributed by atoms with E-state index in [1.54, 1.807) is 18.2 Å². The highest BCUT2D eigenvalue weighted by Gasteiger charge is 2.16. The van der Waals surface area contributed by atoms with E-state index >= 15 is 0 Å². The Hall–Kier alpha value is -3.91. The number of ether oxygens (including phenoxy) is 2. The topological polar surface area (TPSA) is 85.6 Å². The van der Waals surface area contributed by atoms with E-state index in [1.807, 2.05) is 48.5 Å². The third kappa shape index (κ3) is 4.06. The van der Waals surface area contributed by atoms with Crippen molar-refractivity contribution in [3.63, 3.8) is 0 Å². The molecular weight excluding hydrogens is 414 g/mol. The van der Waals surface area contributed by atoms with Crippen molar-refractivity contribution in [1.82, 2.24) is 10.3 Å². The second-order valence-corrected chi connectivity index (χ2v) is 7.24. The third-order valence-corrected chi connectivity index (χ3v) is 4.90. The molecule has 1 aromatic heterocycles. The number of hydrogen-bond acceptors (Lipinski definition) is 6. The highest BCUT2D eigenvalue weighted by Crippen LogP contribution is 2.30. The van der Waals surface area contributed by atoms with E-state index < -0.39 is 0 Å². The summed E-state index contributed by atoms with van der Waals surface area (Å²) >= 11 is 5.29. The number of oxazole rings is 1. The van der Waals surface area contributed by atoms with Crippen molar-refractivity contribution in [1.29, 1.82) is 0 Å². The fourth-order valence-electron chi connectivity index (χ4n) is 3.23. The van der Waals surface area contributed by atoms with Crippen LogP contribution in [0.25, 0.3) is 22.6 Å². The van der Waals surface area contributed by atoms with Crippen molar-refractivity contribution >= 4 is 40.0 Å². The first-order valence-corrected chi connectivity index (χ1v) is 10.0. The zero-order valence-corrected chi connectivity index (χ0v) is 17.1. The molecule has 1 amide bonds. The van der Waals surface area contributed by atoms with E-state index in [9.17, 15) is 4.79 Å². The van der Waals surface area contributed by atoms with Crippen LogP contribution in [-0.4, -0.2) is 29.2 Å². The predicted octanol–water partition coefficient (Wildman–Crippen LogP) is 4.39. The summed E-state index contributed by atoms with van der Waals surface area (Å²) in [4.78, 5) is 17.1. The minimum absolute atomic E-state index is 0.172. The van der Waals surface area contributed by atoms with E-state index in [4.69, 9.17) is 26.1 Å². The minimum Gasteiger partial charge on any atom is -0.486 e. The summed E-state index contributed by atoms with van der Waals surface area (Å²) in [7, 11) is 0. The van der Waals surface area contributed by atoms with Gasteiger partial charge in [0.2, 0.25) is 5.89 Å². The number of fused-ring (bicyclic) bond motifs is 2. The Morgan fingerprint density at radius 2 is 1.74 bits per heavy atom. The van der Waals surface area contributed by atoms with Gasteiger partial charge in [-0.15, -0.1) is 0 Å². The molecule has 2 N–H and O–H groups in total. The van der Waals surface area contributed by atoms with E-state index in [2.05, 4.69) is 15.6 Å². The van der Waals surface area contributed by atoms with Gasteiger partial charge in [-0.05, 0) is 60.7 Å². The molecule has 0 spiro atoms. The Bertz CT molecular complexity index is 1290. The van der Waals surface area contributed by atoms with Crippen LogP contribution in [0, 0.1) is 0 Å². The van der Waals surface area contributed by atoms with E-state index in [1.165, 1.54) is 0 Å². The quantitative estimate of drug-likeness (QED) is 0.465. The molecule has 1 aliphatic heterocycles. The van der Waals surface area contributed by atoms with Gasteiger partial charge in [-0.2, -0.15) is 0 Å². The number of anilines is 1. The Kier molecular flexibility index (Phi) is 4.97. The van der Waals surface area contributed by atoms with Gasteiger partial charge in [0.05, 0.1) is 0 Å². The van der Waals surface area contributed by atoms with Crippen molar-refractivity contribution in [3.05, 3.63) is 72.3 Å². The molecule has 5 rings (SSSR count). The molecule has 0 aliphatic carbocycles. The highest BCUT2D eigenvalue weighted by molar-refractivity contribution is 7.80. The number of hydrogen-bond donors (Lipinski definition) is 2. The summed E-state index contributed by atoms with van der Waals surface area (Å²) in [6.45, 7) is 0.948. The maximum Gasteiger partial charge on any atom is 0.257 e. The largest absolute Gasteiger partial charge is 0.486 e. The minimum atomic E-state index is -0.344. The first-order valence-electron chi connectivity index (χ1n) is 9.64. The predicted molar refractivity (Wildman–Crippen MR) is 121 cm³/mol. The van der Waals surface area contributed by atoms with Crippen LogP contribution in [-0.2, 0) is 0 Å². The Morgan fingerprint density at radius 3 is 2.58 bits per heavy atom. The number of rotatable bonds is 3. The molecule has 0 fully saturated rings. The molecule has 0 radical (unpaired) electrons. The maximum absolute atomic E-state index is 12.5. The fraction of sp³-hybridized carbons (Fsp3) is 0.0870. The molecule has 0 atom stereocenters. The molecule has 7 nitrogen and oxygen atoms in total. The summed E-state index contributed by atoms with van der Waals surface area (Å²) < 4.78 is 16.8. The molecule has 4 aromatic rings. The molecule has 154 valence electrons. The number of benzene rings is 3. The third-order valence-electron chi connectivity index (χ3n) is 4.70. The zero-order valence-electron chi connectivity index (χ0n) is 16.3.